The molecule has 1 aliphatic heterocycles. The van der Waals surface area contributed by atoms with Gasteiger partial charge in [0, 0.05) is 12.6 Å². The molecule has 2 N–H and O–H groups in total. The van der Waals surface area contributed by atoms with Gasteiger partial charge in [0.25, 0.3) is 5.91 Å². The number of hydrogen-bond acceptors (Lipinski definition) is 3. The van der Waals surface area contributed by atoms with Crippen molar-refractivity contribution in [3.8, 4) is 5.75 Å². The molecule has 1 amide bonds. The fourth-order valence-electron chi connectivity index (χ4n) is 2.48. The first-order valence-corrected chi connectivity index (χ1v) is 7.96. The van der Waals surface area contributed by atoms with Crippen LogP contribution in [0, 0.1) is 0 Å². The van der Waals surface area contributed by atoms with E-state index in [-0.39, 0.29) is 11.9 Å². The Morgan fingerprint density at radius 2 is 2.29 bits per heavy atom. The summed E-state index contributed by atoms with van der Waals surface area (Å²) in [6.07, 6.45) is 2.27. The second kappa shape index (κ2) is 7.66. The van der Waals surface area contributed by atoms with Crippen molar-refractivity contribution in [3.05, 3.63) is 28.8 Å². The van der Waals surface area contributed by atoms with Gasteiger partial charge in [-0.25, -0.2) is 0 Å². The summed E-state index contributed by atoms with van der Waals surface area (Å²) in [4.78, 5) is 11.9. The number of halogens is 1. The Balaban J connectivity index is 2.08. The van der Waals surface area contributed by atoms with Gasteiger partial charge in [0.2, 0.25) is 0 Å². The van der Waals surface area contributed by atoms with Crippen LogP contribution in [-0.4, -0.2) is 25.1 Å². The van der Waals surface area contributed by atoms with E-state index < -0.39 is 6.10 Å². The second-order valence-electron chi connectivity index (χ2n) is 5.36. The number of carbonyl (C=O) groups is 1. The Hall–Kier alpha value is -1.26. The summed E-state index contributed by atoms with van der Waals surface area (Å²) in [6.45, 7) is 5.79. The number of rotatable bonds is 5. The fourth-order valence-corrected chi connectivity index (χ4v) is 2.72. The molecule has 2 atom stereocenters. The van der Waals surface area contributed by atoms with Crippen LogP contribution in [0.3, 0.4) is 0 Å². The smallest absolute Gasteiger partial charge is 0.261 e. The van der Waals surface area contributed by atoms with E-state index in [2.05, 4.69) is 24.5 Å². The molecule has 2 rings (SSSR count). The van der Waals surface area contributed by atoms with Crippen LogP contribution in [0.1, 0.15) is 44.7 Å². The van der Waals surface area contributed by atoms with Gasteiger partial charge in [0.05, 0.1) is 5.02 Å². The maximum absolute atomic E-state index is 11.9. The van der Waals surface area contributed by atoms with Crippen molar-refractivity contribution in [1.82, 2.24) is 10.6 Å². The lowest BCUT2D eigenvalue weighted by molar-refractivity contribution is -0.127. The predicted octanol–water partition coefficient (Wildman–Crippen LogP) is 3.06. The molecule has 1 aliphatic rings. The van der Waals surface area contributed by atoms with Gasteiger partial charge >= 0.3 is 0 Å². The molecule has 21 heavy (non-hydrogen) atoms. The minimum atomic E-state index is -0.443. The van der Waals surface area contributed by atoms with Crippen molar-refractivity contribution in [2.24, 2.45) is 0 Å². The van der Waals surface area contributed by atoms with E-state index in [1.54, 1.807) is 0 Å². The molecule has 5 heteroatoms. The van der Waals surface area contributed by atoms with Gasteiger partial charge in [-0.1, -0.05) is 24.6 Å². The molecule has 116 valence electrons. The van der Waals surface area contributed by atoms with Gasteiger partial charge in [-0.3, -0.25) is 4.79 Å². The van der Waals surface area contributed by atoms with Gasteiger partial charge < -0.3 is 15.4 Å². The average Bonchev–Trinajstić information content (AvgIpc) is 2.66. The van der Waals surface area contributed by atoms with Crippen molar-refractivity contribution in [1.29, 1.82) is 0 Å². The molecular weight excluding hydrogens is 288 g/mol. The van der Waals surface area contributed by atoms with E-state index in [0.717, 1.165) is 37.9 Å². The Morgan fingerprint density at radius 1 is 1.48 bits per heavy atom. The number of benzene rings is 1. The van der Waals surface area contributed by atoms with Crippen LogP contribution in [0.15, 0.2) is 18.2 Å². The Labute approximate surface area is 131 Å². The molecular formula is C16H23ClN2O2. The van der Waals surface area contributed by atoms with E-state index >= 15 is 0 Å². The van der Waals surface area contributed by atoms with Crippen molar-refractivity contribution in [2.45, 2.75) is 45.3 Å². The molecule has 0 bridgehead atoms. The van der Waals surface area contributed by atoms with Crippen molar-refractivity contribution < 1.29 is 9.53 Å². The van der Waals surface area contributed by atoms with Gasteiger partial charge in [-0.15, -0.1) is 0 Å². The fraction of sp³-hybridized carbons (Fsp3) is 0.562. The van der Waals surface area contributed by atoms with Crippen LogP contribution in [0.5, 0.6) is 5.75 Å². The molecule has 2 unspecified atom stereocenters. The predicted molar refractivity (Wildman–Crippen MR) is 84.8 cm³/mol. The molecule has 0 radical (unpaired) electrons. The van der Waals surface area contributed by atoms with E-state index in [0.29, 0.717) is 10.8 Å². The van der Waals surface area contributed by atoms with Crippen molar-refractivity contribution in [2.75, 3.05) is 13.1 Å². The average molecular weight is 311 g/mol. The lowest BCUT2D eigenvalue weighted by Crippen LogP contribution is -2.36. The second-order valence-corrected chi connectivity index (χ2v) is 5.77. The third kappa shape index (κ3) is 4.35. The lowest BCUT2D eigenvalue weighted by atomic mass is 10.1. The van der Waals surface area contributed by atoms with E-state index in [1.807, 2.05) is 18.2 Å². The molecule has 1 aromatic carbocycles. The molecule has 0 spiro atoms. The van der Waals surface area contributed by atoms with Crippen LogP contribution in [0.2, 0.25) is 5.02 Å². The Bertz CT molecular complexity index is 493. The van der Waals surface area contributed by atoms with Crippen LogP contribution in [-0.2, 0) is 4.79 Å². The number of amides is 1. The normalized spacial score (nSPS) is 20.5. The van der Waals surface area contributed by atoms with E-state index in [1.165, 1.54) is 0 Å². The number of carbonyl (C=O) groups excluding carboxylic acids is 1. The summed E-state index contributed by atoms with van der Waals surface area (Å²) < 4.78 is 5.81. The first-order chi connectivity index (χ1) is 10.1. The maximum Gasteiger partial charge on any atom is 0.261 e. The number of ether oxygens (including phenoxy) is 1. The molecule has 0 saturated carbocycles. The molecule has 1 heterocycles. The highest BCUT2D eigenvalue weighted by Crippen LogP contribution is 2.29. The summed E-state index contributed by atoms with van der Waals surface area (Å²) in [7, 11) is 0. The van der Waals surface area contributed by atoms with Crippen LogP contribution < -0.4 is 15.4 Å². The highest BCUT2D eigenvalue weighted by molar-refractivity contribution is 6.32. The first-order valence-electron chi connectivity index (χ1n) is 7.59. The number of hydrogen-bond donors (Lipinski definition) is 2. The van der Waals surface area contributed by atoms with E-state index in [9.17, 15) is 4.79 Å². The summed E-state index contributed by atoms with van der Waals surface area (Å²) in [6, 6.07) is 5.98. The molecule has 1 aromatic rings. The molecule has 4 nitrogen and oxygen atoms in total. The Kier molecular flexibility index (Phi) is 5.88. The van der Waals surface area contributed by atoms with Gasteiger partial charge in [0.1, 0.15) is 5.75 Å². The van der Waals surface area contributed by atoms with Crippen LogP contribution in [0.4, 0.5) is 0 Å². The zero-order chi connectivity index (χ0) is 15.2. The number of nitrogens with one attached hydrogen (secondary N) is 2. The van der Waals surface area contributed by atoms with Crippen molar-refractivity contribution in [3.63, 3.8) is 0 Å². The highest BCUT2D eigenvalue weighted by Gasteiger charge is 2.23. The molecule has 1 fully saturated rings. The topological polar surface area (TPSA) is 50.4 Å². The Morgan fingerprint density at radius 3 is 3.00 bits per heavy atom. The SMILES string of the molecule is CCNC(C)c1ccc(OC2CCCCNC2=O)c(Cl)c1. The largest absolute Gasteiger partial charge is 0.479 e. The summed E-state index contributed by atoms with van der Waals surface area (Å²) in [5, 5.41) is 6.76. The molecule has 0 aliphatic carbocycles. The van der Waals surface area contributed by atoms with Crippen molar-refractivity contribution >= 4 is 17.5 Å². The summed E-state index contributed by atoms with van der Waals surface area (Å²) in [5.74, 6) is 0.528. The van der Waals surface area contributed by atoms with Gasteiger partial charge in [-0.05, 0) is 50.4 Å². The third-order valence-electron chi connectivity index (χ3n) is 3.72. The quantitative estimate of drug-likeness (QED) is 0.879. The van der Waals surface area contributed by atoms with E-state index in [4.69, 9.17) is 16.3 Å². The first kappa shape index (κ1) is 16.1. The zero-order valence-corrected chi connectivity index (χ0v) is 13.4. The third-order valence-corrected chi connectivity index (χ3v) is 4.02. The maximum atomic E-state index is 11.9. The lowest BCUT2D eigenvalue weighted by Gasteiger charge is -2.18. The summed E-state index contributed by atoms with van der Waals surface area (Å²) in [5.41, 5.74) is 1.11. The standard InChI is InChI=1S/C16H23ClN2O2/c1-3-18-11(2)12-7-8-14(13(17)10-12)21-15-6-4-5-9-19-16(15)20/h7-8,10-11,15,18H,3-6,9H2,1-2H3,(H,19,20). The van der Waals surface area contributed by atoms with Crippen LogP contribution >= 0.6 is 11.6 Å². The molecule has 1 saturated heterocycles. The summed E-state index contributed by atoms with van der Waals surface area (Å²) >= 11 is 6.30. The highest BCUT2D eigenvalue weighted by atomic mass is 35.5. The van der Waals surface area contributed by atoms with Gasteiger partial charge in [-0.2, -0.15) is 0 Å². The van der Waals surface area contributed by atoms with Gasteiger partial charge in [0.15, 0.2) is 6.10 Å². The monoisotopic (exact) mass is 310 g/mol. The van der Waals surface area contributed by atoms with Crippen LogP contribution in [0.25, 0.3) is 0 Å². The minimum Gasteiger partial charge on any atom is -0.479 e. The zero-order valence-electron chi connectivity index (χ0n) is 12.6. The molecule has 0 aromatic heterocycles. The minimum absolute atomic E-state index is 0.0475.